The third-order valence-corrected chi connectivity index (χ3v) is 4.28. The summed E-state index contributed by atoms with van der Waals surface area (Å²) in [6.07, 6.45) is 9.40. The van der Waals surface area contributed by atoms with Crippen LogP contribution in [-0.4, -0.2) is 32.4 Å². The minimum absolute atomic E-state index is 0.214. The Morgan fingerprint density at radius 1 is 1.38 bits per heavy atom. The molecule has 2 aromatic heterocycles. The maximum atomic E-state index is 11.4. The van der Waals surface area contributed by atoms with E-state index in [1.807, 2.05) is 0 Å². The third kappa shape index (κ3) is 2.70. The number of rotatable bonds is 4. The molecule has 0 aliphatic heterocycles. The number of aryl methyl sites for hydroxylation is 1. The van der Waals surface area contributed by atoms with Crippen LogP contribution in [0.15, 0.2) is 12.4 Å². The molecule has 6 nitrogen and oxygen atoms in total. The second kappa shape index (κ2) is 5.71. The number of aromatic carboxylic acids is 1. The van der Waals surface area contributed by atoms with E-state index in [0.29, 0.717) is 17.3 Å². The van der Waals surface area contributed by atoms with E-state index >= 15 is 0 Å². The van der Waals surface area contributed by atoms with Gasteiger partial charge in [-0.2, -0.15) is 5.10 Å². The van der Waals surface area contributed by atoms with Crippen molar-refractivity contribution in [2.45, 2.75) is 32.1 Å². The second-order valence-electron chi connectivity index (χ2n) is 5.74. The van der Waals surface area contributed by atoms with Crippen LogP contribution in [0.5, 0.6) is 0 Å². The van der Waals surface area contributed by atoms with E-state index in [2.05, 4.69) is 15.4 Å². The van der Waals surface area contributed by atoms with Crippen molar-refractivity contribution < 1.29 is 9.90 Å². The van der Waals surface area contributed by atoms with Gasteiger partial charge in [0.2, 0.25) is 0 Å². The van der Waals surface area contributed by atoms with Gasteiger partial charge in [-0.05, 0) is 18.8 Å². The Kier molecular flexibility index (Phi) is 3.77. The minimum Gasteiger partial charge on any atom is -0.478 e. The van der Waals surface area contributed by atoms with Crippen molar-refractivity contribution in [1.29, 1.82) is 0 Å². The van der Waals surface area contributed by atoms with Gasteiger partial charge in [0, 0.05) is 19.8 Å². The molecule has 0 saturated heterocycles. The number of carboxylic acid groups (broad SMARTS) is 1. The van der Waals surface area contributed by atoms with E-state index in [1.165, 1.54) is 38.3 Å². The number of anilines is 1. The van der Waals surface area contributed by atoms with Gasteiger partial charge in [-0.25, -0.2) is 9.78 Å². The topological polar surface area (TPSA) is 80.0 Å². The molecule has 1 aliphatic rings. The maximum Gasteiger partial charge on any atom is 0.339 e. The van der Waals surface area contributed by atoms with Gasteiger partial charge < -0.3 is 10.4 Å². The molecule has 0 unspecified atom stereocenters. The summed E-state index contributed by atoms with van der Waals surface area (Å²) >= 11 is 0. The van der Waals surface area contributed by atoms with Gasteiger partial charge >= 0.3 is 5.97 Å². The van der Waals surface area contributed by atoms with Gasteiger partial charge in [-0.1, -0.05) is 19.3 Å². The van der Waals surface area contributed by atoms with E-state index in [-0.39, 0.29) is 5.56 Å². The Labute approximate surface area is 123 Å². The predicted molar refractivity (Wildman–Crippen MR) is 80.5 cm³/mol. The predicted octanol–water partition coefficient (Wildman–Crippen LogP) is 2.66. The SMILES string of the molecule is Cn1ncc2c(NCC3CCCCC3)c(C(=O)O)cnc21. The smallest absolute Gasteiger partial charge is 0.339 e. The van der Waals surface area contributed by atoms with E-state index in [9.17, 15) is 9.90 Å². The van der Waals surface area contributed by atoms with Gasteiger partial charge in [-0.3, -0.25) is 4.68 Å². The first-order valence-corrected chi connectivity index (χ1v) is 7.44. The molecule has 112 valence electrons. The summed E-state index contributed by atoms with van der Waals surface area (Å²) in [7, 11) is 1.81. The van der Waals surface area contributed by atoms with Crippen molar-refractivity contribution in [2.24, 2.45) is 13.0 Å². The highest BCUT2D eigenvalue weighted by atomic mass is 16.4. The lowest BCUT2D eigenvalue weighted by Gasteiger charge is -2.22. The number of aromatic nitrogens is 3. The molecule has 1 aliphatic carbocycles. The molecule has 3 rings (SSSR count). The number of nitrogens with one attached hydrogen (secondary N) is 1. The molecule has 0 aromatic carbocycles. The highest BCUT2D eigenvalue weighted by molar-refractivity contribution is 6.03. The Hall–Kier alpha value is -2.11. The first-order valence-electron chi connectivity index (χ1n) is 7.44. The molecule has 0 bridgehead atoms. The van der Waals surface area contributed by atoms with Crippen molar-refractivity contribution in [2.75, 3.05) is 11.9 Å². The van der Waals surface area contributed by atoms with Gasteiger partial charge in [0.1, 0.15) is 5.56 Å². The van der Waals surface area contributed by atoms with Crippen molar-refractivity contribution >= 4 is 22.7 Å². The molecule has 0 atom stereocenters. The fraction of sp³-hybridized carbons (Fsp3) is 0.533. The van der Waals surface area contributed by atoms with Crippen LogP contribution in [0.3, 0.4) is 0 Å². The summed E-state index contributed by atoms with van der Waals surface area (Å²) in [5.74, 6) is -0.334. The van der Waals surface area contributed by atoms with E-state index < -0.39 is 5.97 Å². The number of hydrogen-bond donors (Lipinski definition) is 2. The first kappa shape index (κ1) is 13.9. The molecule has 6 heteroatoms. The first-order chi connectivity index (χ1) is 10.2. The normalized spacial score (nSPS) is 16.2. The summed E-state index contributed by atoms with van der Waals surface area (Å²) in [6.45, 7) is 0.814. The Balaban J connectivity index is 1.90. The Bertz CT molecular complexity index is 659. The molecule has 2 N–H and O–H groups in total. The van der Waals surface area contributed by atoms with Gasteiger partial charge in [0.25, 0.3) is 0 Å². The van der Waals surface area contributed by atoms with Gasteiger partial charge in [0.05, 0.1) is 17.3 Å². The molecule has 0 spiro atoms. The van der Waals surface area contributed by atoms with E-state index in [4.69, 9.17) is 0 Å². The molecular weight excluding hydrogens is 268 g/mol. The third-order valence-electron chi connectivity index (χ3n) is 4.28. The van der Waals surface area contributed by atoms with Crippen LogP contribution in [0.25, 0.3) is 11.0 Å². The average Bonchev–Trinajstić information content (AvgIpc) is 2.87. The molecule has 2 aromatic rings. The van der Waals surface area contributed by atoms with Crippen LogP contribution in [-0.2, 0) is 7.05 Å². The monoisotopic (exact) mass is 288 g/mol. The standard InChI is InChI=1S/C15H20N4O2/c1-19-14-11(9-18-19)13(12(8-17-14)15(20)21)16-7-10-5-3-2-4-6-10/h8-10H,2-7H2,1H3,(H,16,17)(H,20,21). The second-order valence-corrected chi connectivity index (χ2v) is 5.74. The fourth-order valence-corrected chi connectivity index (χ4v) is 3.09. The fourth-order valence-electron chi connectivity index (χ4n) is 3.09. The summed E-state index contributed by atoms with van der Waals surface area (Å²) in [4.78, 5) is 15.6. The van der Waals surface area contributed by atoms with E-state index in [1.54, 1.807) is 17.9 Å². The number of carbonyl (C=O) groups is 1. The summed E-state index contributed by atoms with van der Waals surface area (Å²) in [5.41, 5.74) is 1.56. The van der Waals surface area contributed by atoms with Gasteiger partial charge in [-0.15, -0.1) is 0 Å². The molecule has 1 fully saturated rings. The minimum atomic E-state index is -0.959. The van der Waals surface area contributed by atoms with Crippen molar-refractivity contribution in [3.63, 3.8) is 0 Å². The molecule has 1 saturated carbocycles. The van der Waals surface area contributed by atoms with Crippen LogP contribution in [0.2, 0.25) is 0 Å². The zero-order chi connectivity index (χ0) is 14.8. The lowest BCUT2D eigenvalue weighted by atomic mass is 9.89. The highest BCUT2D eigenvalue weighted by Gasteiger charge is 2.19. The summed E-state index contributed by atoms with van der Waals surface area (Å²) in [6, 6.07) is 0. The average molecular weight is 288 g/mol. The molecule has 21 heavy (non-hydrogen) atoms. The van der Waals surface area contributed by atoms with Crippen LogP contribution in [0, 0.1) is 5.92 Å². The Morgan fingerprint density at radius 2 is 2.14 bits per heavy atom. The molecule has 0 radical (unpaired) electrons. The number of fused-ring (bicyclic) bond motifs is 1. The number of carboxylic acids is 1. The van der Waals surface area contributed by atoms with Crippen molar-refractivity contribution in [3.05, 3.63) is 18.0 Å². The van der Waals surface area contributed by atoms with Crippen molar-refractivity contribution in [1.82, 2.24) is 14.8 Å². The molecule has 0 amide bonds. The van der Waals surface area contributed by atoms with Crippen LogP contribution < -0.4 is 5.32 Å². The zero-order valence-electron chi connectivity index (χ0n) is 12.2. The molecular formula is C15H20N4O2. The number of nitrogens with zero attached hydrogens (tertiary/aromatic N) is 3. The van der Waals surface area contributed by atoms with Crippen LogP contribution in [0.4, 0.5) is 5.69 Å². The highest BCUT2D eigenvalue weighted by Crippen LogP contribution is 2.28. The largest absolute Gasteiger partial charge is 0.478 e. The number of hydrogen-bond acceptors (Lipinski definition) is 4. The number of pyridine rings is 1. The van der Waals surface area contributed by atoms with Crippen LogP contribution >= 0.6 is 0 Å². The molecule has 2 heterocycles. The Morgan fingerprint density at radius 3 is 2.86 bits per heavy atom. The van der Waals surface area contributed by atoms with Gasteiger partial charge in [0.15, 0.2) is 5.65 Å². The van der Waals surface area contributed by atoms with Crippen molar-refractivity contribution in [3.8, 4) is 0 Å². The summed E-state index contributed by atoms with van der Waals surface area (Å²) < 4.78 is 1.66. The maximum absolute atomic E-state index is 11.4. The zero-order valence-corrected chi connectivity index (χ0v) is 12.2. The van der Waals surface area contributed by atoms with Crippen LogP contribution in [0.1, 0.15) is 42.5 Å². The van der Waals surface area contributed by atoms with E-state index in [0.717, 1.165) is 11.9 Å². The lowest BCUT2D eigenvalue weighted by Crippen LogP contribution is -2.18. The quantitative estimate of drug-likeness (QED) is 0.904. The lowest BCUT2D eigenvalue weighted by molar-refractivity contribution is 0.0697. The summed E-state index contributed by atoms with van der Waals surface area (Å²) in [5, 5.41) is 17.7.